The van der Waals surface area contributed by atoms with E-state index in [1.54, 1.807) is 24.5 Å². The molecule has 3 rings (SSSR count). The van der Waals surface area contributed by atoms with Crippen molar-refractivity contribution < 1.29 is 14.2 Å². The van der Waals surface area contributed by atoms with Gasteiger partial charge in [0.2, 0.25) is 0 Å². The highest BCUT2D eigenvalue weighted by atomic mass is 19.1. The number of aliphatic hydroxyl groups is 1. The molecule has 0 saturated heterocycles. The van der Waals surface area contributed by atoms with E-state index in [1.807, 2.05) is 6.20 Å². The van der Waals surface area contributed by atoms with Crippen molar-refractivity contribution in [2.24, 2.45) is 0 Å². The van der Waals surface area contributed by atoms with Crippen molar-refractivity contribution in [2.75, 3.05) is 19.7 Å². The number of nitrogens with zero attached hydrogens (tertiary/aromatic N) is 3. The minimum Gasteiger partial charge on any atom is -0.389 e. The fraction of sp³-hybridized carbons (Fsp3) is 0.412. The van der Waals surface area contributed by atoms with E-state index in [0.717, 1.165) is 18.7 Å². The van der Waals surface area contributed by atoms with Crippen LogP contribution in [0.25, 0.3) is 0 Å². The molecular formula is C17H20FN3O2. The van der Waals surface area contributed by atoms with Gasteiger partial charge in [-0.15, -0.1) is 0 Å². The summed E-state index contributed by atoms with van der Waals surface area (Å²) in [6.45, 7) is 2.44. The number of halogens is 1. The number of aliphatic hydroxyl groups excluding tert-OH is 1. The molecule has 0 spiro atoms. The zero-order valence-electron chi connectivity index (χ0n) is 12.9. The highest BCUT2D eigenvalue weighted by Gasteiger charge is 2.19. The van der Waals surface area contributed by atoms with Gasteiger partial charge in [0.25, 0.3) is 0 Å². The smallest absolute Gasteiger partial charge is 0.128 e. The lowest BCUT2D eigenvalue weighted by Gasteiger charge is -2.29. The molecule has 2 heterocycles. The molecule has 6 heteroatoms. The molecule has 1 aliphatic rings. The van der Waals surface area contributed by atoms with Crippen molar-refractivity contribution in [1.29, 1.82) is 0 Å². The number of aromatic nitrogens is 2. The Morgan fingerprint density at radius 2 is 2.22 bits per heavy atom. The minimum atomic E-state index is -0.606. The van der Waals surface area contributed by atoms with E-state index in [-0.39, 0.29) is 19.0 Å². The monoisotopic (exact) mass is 317 g/mol. The lowest BCUT2D eigenvalue weighted by Crippen LogP contribution is -2.38. The second kappa shape index (κ2) is 7.59. The van der Waals surface area contributed by atoms with Gasteiger partial charge in [-0.3, -0.25) is 4.90 Å². The Morgan fingerprint density at radius 3 is 3.09 bits per heavy atom. The summed E-state index contributed by atoms with van der Waals surface area (Å²) >= 11 is 0. The van der Waals surface area contributed by atoms with Gasteiger partial charge in [0.1, 0.15) is 12.1 Å². The third-order valence-electron chi connectivity index (χ3n) is 3.95. The topological polar surface area (TPSA) is 58.5 Å². The predicted molar refractivity (Wildman–Crippen MR) is 83.1 cm³/mol. The van der Waals surface area contributed by atoms with E-state index >= 15 is 0 Å². The molecule has 1 aromatic heterocycles. The van der Waals surface area contributed by atoms with Gasteiger partial charge in [-0.25, -0.2) is 14.4 Å². The maximum atomic E-state index is 13.5. The van der Waals surface area contributed by atoms with E-state index in [0.29, 0.717) is 18.7 Å². The fourth-order valence-corrected chi connectivity index (χ4v) is 2.73. The van der Waals surface area contributed by atoms with E-state index in [9.17, 15) is 9.50 Å². The fourth-order valence-electron chi connectivity index (χ4n) is 2.73. The number of hydrogen-bond acceptors (Lipinski definition) is 5. The van der Waals surface area contributed by atoms with Crippen LogP contribution in [0.5, 0.6) is 0 Å². The van der Waals surface area contributed by atoms with Crippen molar-refractivity contribution in [3.05, 3.63) is 59.4 Å². The second-order valence-electron chi connectivity index (χ2n) is 5.74. The van der Waals surface area contributed by atoms with Crippen LogP contribution in [0.2, 0.25) is 0 Å². The Labute approximate surface area is 134 Å². The number of hydrogen-bond donors (Lipinski definition) is 1. The molecular weight excluding hydrogens is 297 g/mol. The Kier molecular flexibility index (Phi) is 5.27. The Hall–Kier alpha value is -1.89. The molecule has 1 N–H and O–H groups in total. The molecule has 0 radical (unpaired) electrons. The van der Waals surface area contributed by atoms with Crippen LogP contribution in [0.15, 0.2) is 36.8 Å². The van der Waals surface area contributed by atoms with Gasteiger partial charge in [-0.05, 0) is 18.1 Å². The van der Waals surface area contributed by atoms with E-state index in [1.165, 1.54) is 11.6 Å². The number of rotatable bonds is 6. The van der Waals surface area contributed by atoms with Crippen LogP contribution in [0, 0.1) is 5.82 Å². The van der Waals surface area contributed by atoms with E-state index < -0.39 is 6.10 Å². The van der Waals surface area contributed by atoms with Crippen LogP contribution < -0.4 is 0 Å². The number of benzene rings is 1. The third-order valence-corrected chi connectivity index (χ3v) is 3.95. The quantitative estimate of drug-likeness (QED) is 0.876. The zero-order valence-corrected chi connectivity index (χ0v) is 12.9. The van der Waals surface area contributed by atoms with Crippen LogP contribution >= 0.6 is 0 Å². The molecule has 1 atom stereocenters. The van der Waals surface area contributed by atoms with E-state index in [2.05, 4.69) is 14.9 Å². The first kappa shape index (κ1) is 16.0. The van der Waals surface area contributed by atoms with Gasteiger partial charge in [-0.2, -0.15) is 0 Å². The van der Waals surface area contributed by atoms with Crippen LogP contribution in [0.3, 0.4) is 0 Å². The SMILES string of the molecule is O[C@H](COCc1ccccc1F)CN1CCc2cncnc2C1. The average molecular weight is 317 g/mol. The van der Waals surface area contributed by atoms with Gasteiger partial charge < -0.3 is 9.84 Å². The van der Waals surface area contributed by atoms with E-state index in [4.69, 9.17) is 4.74 Å². The second-order valence-corrected chi connectivity index (χ2v) is 5.74. The first-order valence-electron chi connectivity index (χ1n) is 7.71. The predicted octanol–water partition coefficient (Wildman–Crippen LogP) is 1.55. The van der Waals surface area contributed by atoms with Gasteiger partial charge in [0.05, 0.1) is 25.0 Å². The maximum absolute atomic E-state index is 13.5. The van der Waals surface area contributed by atoms with Crippen molar-refractivity contribution in [3.63, 3.8) is 0 Å². The van der Waals surface area contributed by atoms with Crippen molar-refractivity contribution in [3.8, 4) is 0 Å². The first-order valence-corrected chi connectivity index (χ1v) is 7.71. The number of β-amino-alcohol motifs (C(OH)–C–C–N with tert-alkyl or cyclic N) is 1. The zero-order chi connectivity index (χ0) is 16.1. The molecule has 0 fully saturated rings. The summed E-state index contributed by atoms with van der Waals surface area (Å²) in [6, 6.07) is 6.50. The van der Waals surface area contributed by atoms with Crippen LogP contribution in [-0.2, 0) is 24.3 Å². The molecule has 2 aromatic rings. The Morgan fingerprint density at radius 1 is 1.35 bits per heavy atom. The summed E-state index contributed by atoms with van der Waals surface area (Å²) in [4.78, 5) is 10.5. The molecule has 122 valence electrons. The Balaban J connectivity index is 1.43. The lowest BCUT2D eigenvalue weighted by atomic mass is 10.1. The molecule has 0 saturated carbocycles. The summed E-state index contributed by atoms with van der Waals surface area (Å²) in [6.07, 6.45) is 3.69. The van der Waals surface area contributed by atoms with Crippen molar-refractivity contribution in [1.82, 2.24) is 14.9 Å². The highest BCUT2D eigenvalue weighted by Crippen LogP contribution is 2.15. The van der Waals surface area contributed by atoms with Crippen LogP contribution in [0.4, 0.5) is 4.39 Å². The molecule has 0 unspecified atom stereocenters. The minimum absolute atomic E-state index is 0.166. The number of fused-ring (bicyclic) bond motifs is 1. The van der Waals surface area contributed by atoms with Crippen LogP contribution in [0.1, 0.15) is 16.8 Å². The summed E-state index contributed by atoms with van der Waals surface area (Å²) in [5, 5.41) is 10.1. The molecule has 1 aliphatic heterocycles. The molecule has 23 heavy (non-hydrogen) atoms. The molecule has 0 bridgehead atoms. The van der Waals surface area contributed by atoms with Crippen molar-refractivity contribution in [2.45, 2.75) is 25.7 Å². The van der Waals surface area contributed by atoms with Gasteiger partial charge in [-0.1, -0.05) is 18.2 Å². The summed E-state index contributed by atoms with van der Waals surface area (Å²) < 4.78 is 18.9. The first-order chi connectivity index (χ1) is 11.2. The lowest BCUT2D eigenvalue weighted by molar-refractivity contribution is 0.00675. The third kappa shape index (κ3) is 4.31. The number of ether oxygens (including phenoxy) is 1. The normalized spacial score (nSPS) is 16.1. The van der Waals surface area contributed by atoms with Crippen molar-refractivity contribution >= 4 is 0 Å². The standard InChI is InChI=1S/C17H20FN3O2/c18-16-4-2-1-3-14(16)10-23-11-15(22)8-21-6-5-13-7-19-12-20-17(13)9-21/h1-4,7,12,15,22H,5-6,8-11H2/t15-/m0/s1. The summed E-state index contributed by atoms with van der Waals surface area (Å²) in [5.74, 6) is -0.283. The largest absolute Gasteiger partial charge is 0.389 e. The summed E-state index contributed by atoms with van der Waals surface area (Å²) in [5.41, 5.74) is 2.70. The molecule has 0 aliphatic carbocycles. The highest BCUT2D eigenvalue weighted by molar-refractivity contribution is 5.19. The van der Waals surface area contributed by atoms with Crippen LogP contribution in [-0.4, -0.2) is 45.8 Å². The molecule has 1 aromatic carbocycles. The van der Waals surface area contributed by atoms with Gasteiger partial charge in [0.15, 0.2) is 0 Å². The van der Waals surface area contributed by atoms with Gasteiger partial charge >= 0.3 is 0 Å². The maximum Gasteiger partial charge on any atom is 0.128 e. The Bertz CT molecular complexity index is 653. The summed E-state index contributed by atoms with van der Waals surface area (Å²) in [7, 11) is 0. The average Bonchev–Trinajstić information content (AvgIpc) is 2.56. The van der Waals surface area contributed by atoms with Gasteiger partial charge in [0, 0.05) is 31.4 Å². The molecule has 5 nitrogen and oxygen atoms in total. The molecule has 0 amide bonds.